The Balaban J connectivity index is 1.34. The number of halogens is 1. The van der Waals surface area contributed by atoms with Gasteiger partial charge in [-0.25, -0.2) is 4.98 Å². The van der Waals surface area contributed by atoms with Crippen LogP contribution in [0.1, 0.15) is 28.7 Å². The third kappa shape index (κ3) is 3.48. The molecule has 0 spiro atoms. The largest absolute Gasteiger partial charge is 0.458 e. The minimum Gasteiger partial charge on any atom is -0.458 e. The smallest absolute Gasteiger partial charge is 0.224 e. The van der Waals surface area contributed by atoms with Crippen LogP contribution in [0.5, 0.6) is 0 Å². The molecule has 0 bridgehead atoms. The zero-order chi connectivity index (χ0) is 17.4. The van der Waals surface area contributed by atoms with Crippen molar-refractivity contribution in [1.29, 1.82) is 0 Å². The van der Waals surface area contributed by atoms with Crippen molar-refractivity contribution in [1.82, 2.24) is 10.3 Å². The molecule has 1 aliphatic rings. The highest BCUT2D eigenvalue weighted by Crippen LogP contribution is 2.49. The minimum atomic E-state index is -0.00415. The van der Waals surface area contributed by atoms with E-state index in [1.165, 1.54) is 0 Å². The van der Waals surface area contributed by atoms with Crippen LogP contribution in [0.3, 0.4) is 0 Å². The second-order valence-corrected chi connectivity index (χ2v) is 7.68. The molecule has 0 aliphatic heterocycles. The Morgan fingerprint density at radius 3 is 2.96 bits per heavy atom. The summed E-state index contributed by atoms with van der Waals surface area (Å²) in [5.41, 5.74) is 1.89. The first-order chi connectivity index (χ1) is 12.1. The molecule has 0 saturated heterocycles. The van der Waals surface area contributed by atoms with Gasteiger partial charge in [0.05, 0.1) is 11.6 Å². The van der Waals surface area contributed by atoms with Crippen LogP contribution in [0.4, 0.5) is 0 Å². The average Bonchev–Trinajstić information content (AvgIpc) is 3.04. The predicted octanol–water partition coefficient (Wildman–Crippen LogP) is 4.78. The van der Waals surface area contributed by atoms with Crippen molar-refractivity contribution >= 4 is 28.8 Å². The van der Waals surface area contributed by atoms with Crippen molar-refractivity contribution in [2.24, 2.45) is 5.92 Å². The summed E-state index contributed by atoms with van der Waals surface area (Å²) in [5.74, 6) is 1.72. The monoisotopic (exact) mass is 372 g/mol. The Labute approximate surface area is 154 Å². The fourth-order valence-electron chi connectivity index (χ4n) is 3.00. The molecule has 1 N–H and O–H groups in total. The van der Waals surface area contributed by atoms with Crippen LogP contribution in [0, 0.1) is 12.8 Å². The molecule has 2 aromatic heterocycles. The topological polar surface area (TPSA) is 55.1 Å². The summed E-state index contributed by atoms with van der Waals surface area (Å²) in [4.78, 5) is 16.8. The molecular weight excluding hydrogens is 356 g/mol. The maximum Gasteiger partial charge on any atom is 0.224 e. The molecule has 25 heavy (non-hydrogen) atoms. The van der Waals surface area contributed by atoms with Crippen LogP contribution in [0.15, 0.2) is 46.2 Å². The van der Waals surface area contributed by atoms with Crippen molar-refractivity contribution < 1.29 is 9.21 Å². The number of hydrogen-bond donors (Lipinski definition) is 1. The van der Waals surface area contributed by atoms with Gasteiger partial charge in [-0.1, -0.05) is 29.8 Å². The van der Waals surface area contributed by atoms with E-state index in [-0.39, 0.29) is 17.7 Å². The molecule has 2 atom stereocenters. The first-order valence-corrected chi connectivity index (χ1v) is 9.41. The molecule has 1 amide bonds. The van der Waals surface area contributed by atoms with Gasteiger partial charge in [0.2, 0.25) is 5.91 Å². The number of nitrogens with zero attached hydrogens (tertiary/aromatic N) is 1. The van der Waals surface area contributed by atoms with Crippen molar-refractivity contribution in [3.63, 3.8) is 0 Å². The Hall–Kier alpha value is -2.11. The zero-order valence-electron chi connectivity index (χ0n) is 13.7. The summed E-state index contributed by atoms with van der Waals surface area (Å²) in [7, 11) is 0. The van der Waals surface area contributed by atoms with Gasteiger partial charge in [0.15, 0.2) is 5.76 Å². The van der Waals surface area contributed by atoms with E-state index in [0.29, 0.717) is 6.54 Å². The highest BCUT2D eigenvalue weighted by Gasteiger charge is 2.44. The van der Waals surface area contributed by atoms with Gasteiger partial charge in [0, 0.05) is 16.3 Å². The average molecular weight is 373 g/mol. The zero-order valence-corrected chi connectivity index (χ0v) is 15.2. The van der Waals surface area contributed by atoms with E-state index in [9.17, 15) is 4.79 Å². The molecule has 1 saturated carbocycles. The molecule has 4 nitrogen and oxygen atoms in total. The minimum absolute atomic E-state index is 0.00415. The normalized spacial score (nSPS) is 19.0. The summed E-state index contributed by atoms with van der Waals surface area (Å²) >= 11 is 7.80. The van der Waals surface area contributed by atoms with Gasteiger partial charge >= 0.3 is 0 Å². The molecule has 6 heteroatoms. The van der Waals surface area contributed by atoms with Gasteiger partial charge in [-0.3, -0.25) is 4.79 Å². The SMILES string of the molecule is Cc1nc(-c2ccc(CNC(=O)[C@H]3C[C@H]3c3ccccc3Cl)o2)cs1. The van der Waals surface area contributed by atoms with Crippen LogP contribution in [-0.2, 0) is 11.3 Å². The van der Waals surface area contributed by atoms with Crippen LogP contribution in [0.25, 0.3) is 11.5 Å². The number of amides is 1. The van der Waals surface area contributed by atoms with Crippen LogP contribution in [-0.4, -0.2) is 10.9 Å². The highest BCUT2D eigenvalue weighted by molar-refractivity contribution is 7.09. The number of thiazole rings is 1. The standard InChI is InChI=1S/C19H17ClN2O2S/c1-11-22-17(10-25-11)18-7-6-12(24-18)9-21-19(23)15-8-14(15)13-4-2-3-5-16(13)20/h2-7,10,14-15H,8-9H2,1H3,(H,21,23)/t14-,15-/m0/s1. The lowest BCUT2D eigenvalue weighted by molar-refractivity contribution is -0.122. The van der Waals surface area contributed by atoms with Gasteiger partial charge in [-0.2, -0.15) is 0 Å². The van der Waals surface area contributed by atoms with Crippen molar-refractivity contribution in [3.8, 4) is 11.5 Å². The second kappa shape index (κ2) is 6.65. The van der Waals surface area contributed by atoms with Gasteiger partial charge in [0.25, 0.3) is 0 Å². The lowest BCUT2D eigenvalue weighted by Crippen LogP contribution is -2.24. The van der Waals surface area contributed by atoms with E-state index in [2.05, 4.69) is 10.3 Å². The van der Waals surface area contributed by atoms with Gasteiger partial charge in [-0.05, 0) is 43.0 Å². The number of carbonyl (C=O) groups excluding carboxylic acids is 1. The van der Waals surface area contributed by atoms with Crippen LogP contribution < -0.4 is 5.32 Å². The molecule has 3 aromatic rings. The van der Waals surface area contributed by atoms with E-state index in [4.69, 9.17) is 16.0 Å². The maximum atomic E-state index is 12.3. The summed E-state index contributed by atoms with van der Waals surface area (Å²) in [6, 6.07) is 11.5. The summed E-state index contributed by atoms with van der Waals surface area (Å²) in [6.45, 7) is 2.34. The maximum absolute atomic E-state index is 12.3. The second-order valence-electron chi connectivity index (χ2n) is 6.21. The molecule has 0 radical (unpaired) electrons. The molecule has 128 valence electrons. The van der Waals surface area contributed by atoms with E-state index >= 15 is 0 Å². The Kier molecular flexibility index (Phi) is 4.36. The number of aryl methyl sites for hydroxylation is 1. The fraction of sp³-hybridized carbons (Fsp3) is 0.263. The first kappa shape index (κ1) is 16.4. The van der Waals surface area contributed by atoms with Crippen LogP contribution in [0.2, 0.25) is 5.02 Å². The molecule has 2 heterocycles. The van der Waals surface area contributed by atoms with Crippen molar-refractivity contribution in [2.45, 2.75) is 25.8 Å². The number of hydrogen-bond acceptors (Lipinski definition) is 4. The first-order valence-electron chi connectivity index (χ1n) is 8.15. The number of carbonyl (C=O) groups is 1. The number of benzene rings is 1. The summed E-state index contributed by atoms with van der Waals surface area (Å²) in [5, 5.41) is 6.66. The molecule has 1 aliphatic carbocycles. The summed E-state index contributed by atoms with van der Waals surface area (Å²) in [6.07, 6.45) is 0.844. The molecular formula is C19H17ClN2O2S. The van der Waals surface area contributed by atoms with E-state index in [1.54, 1.807) is 11.3 Å². The third-order valence-electron chi connectivity index (χ3n) is 4.40. The van der Waals surface area contributed by atoms with E-state index in [1.807, 2.05) is 48.7 Å². The van der Waals surface area contributed by atoms with Gasteiger partial charge in [-0.15, -0.1) is 11.3 Å². The van der Waals surface area contributed by atoms with Gasteiger partial charge < -0.3 is 9.73 Å². The number of nitrogens with one attached hydrogen (secondary N) is 1. The predicted molar refractivity (Wildman–Crippen MR) is 98.7 cm³/mol. The lowest BCUT2D eigenvalue weighted by atomic mass is 10.1. The molecule has 1 aromatic carbocycles. The third-order valence-corrected chi connectivity index (χ3v) is 5.52. The number of rotatable bonds is 5. The highest BCUT2D eigenvalue weighted by atomic mass is 35.5. The molecule has 0 unspecified atom stereocenters. The van der Waals surface area contributed by atoms with E-state index in [0.717, 1.165) is 39.2 Å². The number of furan rings is 1. The number of aromatic nitrogens is 1. The van der Waals surface area contributed by atoms with Crippen LogP contribution >= 0.6 is 22.9 Å². The Morgan fingerprint density at radius 2 is 2.20 bits per heavy atom. The molecule has 4 rings (SSSR count). The Bertz CT molecular complexity index is 918. The van der Waals surface area contributed by atoms with Crippen molar-refractivity contribution in [3.05, 3.63) is 63.1 Å². The van der Waals surface area contributed by atoms with Gasteiger partial charge in [0.1, 0.15) is 11.5 Å². The fourth-order valence-corrected chi connectivity index (χ4v) is 3.87. The quantitative estimate of drug-likeness (QED) is 0.700. The van der Waals surface area contributed by atoms with E-state index < -0.39 is 0 Å². The molecule has 1 fully saturated rings. The van der Waals surface area contributed by atoms with Crippen molar-refractivity contribution in [2.75, 3.05) is 0 Å². The summed E-state index contributed by atoms with van der Waals surface area (Å²) < 4.78 is 5.77. The Morgan fingerprint density at radius 1 is 1.36 bits per heavy atom. The lowest BCUT2D eigenvalue weighted by Gasteiger charge is -2.04.